The molecule has 2 heteroatoms. The Hall–Kier alpha value is -0.600. The van der Waals surface area contributed by atoms with Crippen molar-refractivity contribution in [1.29, 1.82) is 0 Å². The molecule has 0 aromatic carbocycles. The van der Waals surface area contributed by atoms with E-state index in [1.165, 1.54) is 0 Å². The van der Waals surface area contributed by atoms with E-state index in [-0.39, 0.29) is 12.2 Å². The fourth-order valence-corrected chi connectivity index (χ4v) is 1.84. The van der Waals surface area contributed by atoms with Gasteiger partial charge in [0.05, 0.1) is 12.2 Å². The molecule has 86 valence electrons. The summed E-state index contributed by atoms with van der Waals surface area (Å²) in [5, 5.41) is 9.87. The number of hydrogen-bond donors (Lipinski definition) is 1. The predicted octanol–water partition coefficient (Wildman–Crippen LogP) is 2.83. The average Bonchev–Trinajstić information content (AvgIpc) is 2.23. The van der Waals surface area contributed by atoms with Gasteiger partial charge in [-0.3, -0.25) is 0 Å². The minimum absolute atomic E-state index is 0.0116. The molecule has 15 heavy (non-hydrogen) atoms. The van der Waals surface area contributed by atoms with Crippen LogP contribution in [0, 0.1) is 0 Å². The van der Waals surface area contributed by atoms with Crippen LogP contribution in [-0.4, -0.2) is 24.4 Å². The van der Waals surface area contributed by atoms with Crippen LogP contribution in [-0.2, 0) is 4.74 Å². The third-order valence-electron chi connectivity index (χ3n) is 2.81. The van der Waals surface area contributed by atoms with Crippen LogP contribution in [0.25, 0.3) is 0 Å². The maximum atomic E-state index is 9.87. The fraction of sp³-hybridized carbons (Fsp3) is 0.692. The summed E-state index contributed by atoms with van der Waals surface area (Å²) < 4.78 is 5.30. The van der Waals surface area contributed by atoms with Crippen molar-refractivity contribution in [2.75, 3.05) is 7.11 Å². The van der Waals surface area contributed by atoms with Crippen LogP contribution in [0.3, 0.4) is 0 Å². The van der Waals surface area contributed by atoms with Crippen molar-refractivity contribution in [2.45, 2.75) is 50.7 Å². The van der Waals surface area contributed by atoms with Gasteiger partial charge in [-0.1, -0.05) is 24.3 Å². The van der Waals surface area contributed by atoms with Gasteiger partial charge in [0.25, 0.3) is 0 Å². The normalized spacial score (nSPS) is 33.7. The van der Waals surface area contributed by atoms with E-state index in [0.29, 0.717) is 0 Å². The molecular formula is C13H22O2. The van der Waals surface area contributed by atoms with Crippen LogP contribution >= 0.6 is 0 Å². The standard InChI is InChI=1S/C13H22O2/c1-15-13-11-9-7-5-3-2-4-6-8-10-12(13)14/h4-7,12-14H,2-3,8-11H2,1H3/b6-4+,7-5+/t12-,13+/m0/s1. The Morgan fingerprint density at radius 3 is 2.07 bits per heavy atom. The molecule has 1 aliphatic rings. The Balaban J connectivity index is 2.46. The molecule has 0 unspecified atom stereocenters. The van der Waals surface area contributed by atoms with Crippen LogP contribution in [0.15, 0.2) is 24.3 Å². The molecule has 1 rings (SSSR count). The number of allylic oxidation sites excluding steroid dienone is 4. The second kappa shape index (κ2) is 7.66. The van der Waals surface area contributed by atoms with Crippen molar-refractivity contribution in [1.82, 2.24) is 0 Å². The van der Waals surface area contributed by atoms with Crippen molar-refractivity contribution >= 4 is 0 Å². The highest BCUT2D eigenvalue weighted by Crippen LogP contribution is 2.13. The summed E-state index contributed by atoms with van der Waals surface area (Å²) in [6.07, 6.45) is 14.3. The van der Waals surface area contributed by atoms with Crippen molar-refractivity contribution in [2.24, 2.45) is 0 Å². The Morgan fingerprint density at radius 2 is 1.47 bits per heavy atom. The molecule has 0 fully saturated rings. The number of rotatable bonds is 1. The highest BCUT2D eigenvalue weighted by molar-refractivity contribution is 4.90. The highest BCUT2D eigenvalue weighted by atomic mass is 16.5. The monoisotopic (exact) mass is 210 g/mol. The van der Waals surface area contributed by atoms with Crippen molar-refractivity contribution in [3.63, 3.8) is 0 Å². The lowest BCUT2D eigenvalue weighted by Gasteiger charge is -2.20. The van der Waals surface area contributed by atoms with E-state index in [1.807, 2.05) is 0 Å². The number of aliphatic hydroxyl groups excluding tert-OH is 1. The molecule has 0 amide bonds. The number of methoxy groups -OCH3 is 1. The highest BCUT2D eigenvalue weighted by Gasteiger charge is 2.16. The SMILES string of the molecule is CO[C@@H]1CC/C=C/CC/C=C/CC[C@@H]1O. The Kier molecular flexibility index (Phi) is 6.37. The van der Waals surface area contributed by atoms with Gasteiger partial charge in [-0.15, -0.1) is 0 Å². The Labute approximate surface area is 92.6 Å². The zero-order chi connectivity index (χ0) is 10.9. The topological polar surface area (TPSA) is 29.5 Å². The van der Waals surface area contributed by atoms with Gasteiger partial charge in [0.1, 0.15) is 0 Å². The number of ether oxygens (including phenoxy) is 1. The summed E-state index contributed by atoms with van der Waals surface area (Å²) in [5.41, 5.74) is 0. The average molecular weight is 210 g/mol. The molecule has 0 saturated heterocycles. The Bertz CT molecular complexity index is 209. The largest absolute Gasteiger partial charge is 0.390 e. The lowest BCUT2D eigenvalue weighted by Crippen LogP contribution is -2.27. The quantitative estimate of drug-likeness (QED) is 0.674. The minimum Gasteiger partial charge on any atom is -0.390 e. The summed E-state index contributed by atoms with van der Waals surface area (Å²) in [6, 6.07) is 0. The first-order valence-electron chi connectivity index (χ1n) is 5.85. The van der Waals surface area contributed by atoms with E-state index in [0.717, 1.165) is 38.5 Å². The van der Waals surface area contributed by atoms with E-state index in [1.54, 1.807) is 7.11 Å². The molecule has 0 aromatic rings. The molecule has 2 nitrogen and oxygen atoms in total. The van der Waals surface area contributed by atoms with Crippen LogP contribution < -0.4 is 0 Å². The van der Waals surface area contributed by atoms with Gasteiger partial charge in [0.2, 0.25) is 0 Å². The first kappa shape index (κ1) is 12.5. The molecular weight excluding hydrogens is 188 g/mol. The molecule has 0 saturated carbocycles. The summed E-state index contributed by atoms with van der Waals surface area (Å²) in [5.74, 6) is 0. The lowest BCUT2D eigenvalue weighted by atomic mass is 10.0. The number of hydrogen-bond acceptors (Lipinski definition) is 2. The zero-order valence-electron chi connectivity index (χ0n) is 9.56. The fourth-order valence-electron chi connectivity index (χ4n) is 1.84. The van der Waals surface area contributed by atoms with E-state index < -0.39 is 0 Å². The third kappa shape index (κ3) is 5.14. The van der Waals surface area contributed by atoms with Gasteiger partial charge in [-0.05, 0) is 38.5 Å². The molecule has 2 atom stereocenters. The van der Waals surface area contributed by atoms with Crippen LogP contribution in [0.2, 0.25) is 0 Å². The summed E-state index contributed by atoms with van der Waals surface area (Å²) in [4.78, 5) is 0. The van der Waals surface area contributed by atoms with Crippen LogP contribution in [0.5, 0.6) is 0 Å². The first-order valence-corrected chi connectivity index (χ1v) is 5.85. The van der Waals surface area contributed by atoms with Crippen molar-refractivity contribution in [3.05, 3.63) is 24.3 Å². The van der Waals surface area contributed by atoms with Gasteiger partial charge in [-0.2, -0.15) is 0 Å². The van der Waals surface area contributed by atoms with E-state index in [2.05, 4.69) is 24.3 Å². The molecule has 1 N–H and O–H groups in total. The molecule has 0 radical (unpaired) electrons. The van der Waals surface area contributed by atoms with Gasteiger partial charge >= 0.3 is 0 Å². The molecule has 0 bridgehead atoms. The minimum atomic E-state index is -0.326. The lowest BCUT2D eigenvalue weighted by molar-refractivity contribution is -0.0187. The molecule has 0 aliphatic heterocycles. The molecule has 0 aromatic heterocycles. The zero-order valence-corrected chi connectivity index (χ0v) is 9.56. The van der Waals surface area contributed by atoms with Crippen LogP contribution in [0.4, 0.5) is 0 Å². The van der Waals surface area contributed by atoms with E-state index >= 15 is 0 Å². The second-order valence-electron chi connectivity index (χ2n) is 4.02. The molecule has 0 spiro atoms. The summed E-state index contributed by atoms with van der Waals surface area (Å²) >= 11 is 0. The van der Waals surface area contributed by atoms with Crippen molar-refractivity contribution in [3.8, 4) is 0 Å². The second-order valence-corrected chi connectivity index (χ2v) is 4.02. The maximum Gasteiger partial charge on any atom is 0.0833 e. The summed E-state index contributed by atoms with van der Waals surface area (Å²) in [7, 11) is 1.68. The first-order chi connectivity index (χ1) is 7.34. The van der Waals surface area contributed by atoms with Gasteiger partial charge in [-0.25, -0.2) is 0 Å². The number of aliphatic hydroxyl groups is 1. The molecule has 1 aliphatic carbocycles. The molecule has 0 heterocycles. The predicted molar refractivity (Wildman–Crippen MR) is 62.8 cm³/mol. The smallest absolute Gasteiger partial charge is 0.0833 e. The third-order valence-corrected chi connectivity index (χ3v) is 2.81. The van der Waals surface area contributed by atoms with Crippen LogP contribution in [0.1, 0.15) is 38.5 Å². The van der Waals surface area contributed by atoms with Gasteiger partial charge in [0.15, 0.2) is 0 Å². The van der Waals surface area contributed by atoms with E-state index in [4.69, 9.17) is 4.74 Å². The van der Waals surface area contributed by atoms with Crippen molar-refractivity contribution < 1.29 is 9.84 Å². The van der Waals surface area contributed by atoms with Gasteiger partial charge in [0, 0.05) is 7.11 Å². The maximum absolute atomic E-state index is 9.87. The van der Waals surface area contributed by atoms with Gasteiger partial charge < -0.3 is 9.84 Å². The Morgan fingerprint density at radius 1 is 0.933 bits per heavy atom. The van der Waals surface area contributed by atoms with E-state index in [9.17, 15) is 5.11 Å². The summed E-state index contributed by atoms with van der Waals surface area (Å²) in [6.45, 7) is 0.